The number of benzene rings is 1. The summed E-state index contributed by atoms with van der Waals surface area (Å²) in [6, 6.07) is 6.73. The summed E-state index contributed by atoms with van der Waals surface area (Å²) < 4.78 is 0. The second kappa shape index (κ2) is 3.14. The Hall–Kier alpha value is -1.04. The van der Waals surface area contributed by atoms with Gasteiger partial charge in [-0.25, -0.2) is 0 Å². The van der Waals surface area contributed by atoms with Crippen LogP contribution in [0.1, 0.15) is 29.5 Å². The third-order valence-corrected chi connectivity index (χ3v) is 2.41. The number of hydrogen-bond acceptors (Lipinski definition) is 0. The van der Waals surface area contributed by atoms with Crippen molar-refractivity contribution in [1.82, 2.24) is 0 Å². The molecule has 0 heterocycles. The molecule has 2 rings (SSSR count). The first-order valence-corrected chi connectivity index (χ1v) is 4.62. The summed E-state index contributed by atoms with van der Waals surface area (Å²) in [6.07, 6.45) is 8.30. The Labute approximate surface area is 73.9 Å². The van der Waals surface area contributed by atoms with Crippen LogP contribution in [0.25, 0.3) is 6.08 Å². The first-order valence-electron chi connectivity index (χ1n) is 4.62. The van der Waals surface area contributed by atoms with Crippen LogP contribution in [-0.2, 0) is 6.42 Å². The third kappa shape index (κ3) is 1.42. The summed E-state index contributed by atoms with van der Waals surface area (Å²) >= 11 is 0. The number of hydrogen-bond donors (Lipinski definition) is 0. The fourth-order valence-corrected chi connectivity index (χ4v) is 1.73. The quantitative estimate of drug-likeness (QED) is 0.543. The number of fused-ring (bicyclic) bond motifs is 1. The molecule has 1 aromatic carbocycles. The largest absolute Gasteiger partial charge is 0.0839 e. The third-order valence-electron chi connectivity index (χ3n) is 2.41. The van der Waals surface area contributed by atoms with E-state index < -0.39 is 0 Å². The van der Waals surface area contributed by atoms with Crippen molar-refractivity contribution in [1.29, 1.82) is 0 Å². The van der Waals surface area contributed by atoms with E-state index in [9.17, 15) is 0 Å². The second-order valence-electron chi connectivity index (χ2n) is 3.50. The first kappa shape index (κ1) is 7.60. The van der Waals surface area contributed by atoms with Crippen LogP contribution < -0.4 is 0 Å². The molecule has 0 spiro atoms. The summed E-state index contributed by atoms with van der Waals surface area (Å²) in [6.45, 7) is 2.16. The molecule has 1 aliphatic carbocycles. The molecule has 0 atom stereocenters. The minimum atomic E-state index is 1.23. The average molecular weight is 158 g/mol. The zero-order chi connectivity index (χ0) is 8.39. The van der Waals surface area contributed by atoms with Gasteiger partial charge in [0.2, 0.25) is 0 Å². The van der Waals surface area contributed by atoms with E-state index in [0.717, 1.165) is 0 Å². The lowest BCUT2D eigenvalue weighted by Gasteiger charge is -2.03. The highest BCUT2D eigenvalue weighted by Crippen LogP contribution is 2.19. The zero-order valence-electron chi connectivity index (χ0n) is 7.51. The van der Waals surface area contributed by atoms with Gasteiger partial charge in [0.05, 0.1) is 0 Å². The van der Waals surface area contributed by atoms with Crippen molar-refractivity contribution in [3.63, 3.8) is 0 Å². The van der Waals surface area contributed by atoms with Crippen LogP contribution in [0.2, 0.25) is 0 Å². The van der Waals surface area contributed by atoms with Crippen molar-refractivity contribution in [3.8, 4) is 0 Å². The topological polar surface area (TPSA) is 0 Å². The molecule has 0 aromatic heterocycles. The molecule has 0 amide bonds. The summed E-state index contributed by atoms with van der Waals surface area (Å²) in [7, 11) is 0. The maximum absolute atomic E-state index is 2.31. The van der Waals surface area contributed by atoms with E-state index in [1.807, 2.05) is 0 Å². The minimum absolute atomic E-state index is 1.23. The predicted octanol–water partition coefficient (Wildman–Crippen LogP) is 3.34. The van der Waals surface area contributed by atoms with E-state index in [4.69, 9.17) is 0 Å². The number of aryl methyl sites for hydroxylation is 2. The van der Waals surface area contributed by atoms with E-state index in [1.54, 1.807) is 0 Å². The van der Waals surface area contributed by atoms with E-state index >= 15 is 0 Å². The normalized spacial score (nSPS) is 15.4. The molecule has 0 bridgehead atoms. The first-order chi connectivity index (χ1) is 5.86. The smallest absolute Gasteiger partial charge is 0.0228 e. The average Bonchev–Trinajstić information content (AvgIpc) is 2.28. The van der Waals surface area contributed by atoms with Gasteiger partial charge in [0.1, 0.15) is 0 Å². The monoisotopic (exact) mass is 158 g/mol. The summed E-state index contributed by atoms with van der Waals surface area (Å²) in [5.41, 5.74) is 4.31. The maximum Gasteiger partial charge on any atom is -0.0228 e. The van der Waals surface area contributed by atoms with Crippen LogP contribution in [-0.4, -0.2) is 0 Å². The SMILES string of the molecule is Cc1ccc2c(c1)CCCC=C2. The Balaban J connectivity index is 2.46. The number of rotatable bonds is 0. The van der Waals surface area contributed by atoms with Gasteiger partial charge in [-0.2, -0.15) is 0 Å². The van der Waals surface area contributed by atoms with Crippen molar-refractivity contribution in [3.05, 3.63) is 41.0 Å². The standard InChI is InChI=1S/C12H14/c1-10-7-8-11-5-3-2-4-6-12(11)9-10/h3,5,7-9H,2,4,6H2,1H3. The lowest BCUT2D eigenvalue weighted by Crippen LogP contribution is -1.88. The van der Waals surface area contributed by atoms with Gasteiger partial charge in [0.15, 0.2) is 0 Å². The summed E-state index contributed by atoms with van der Waals surface area (Å²) in [5, 5.41) is 0. The Kier molecular flexibility index (Phi) is 1.99. The Morgan fingerprint density at radius 3 is 3.08 bits per heavy atom. The fraction of sp³-hybridized carbons (Fsp3) is 0.333. The van der Waals surface area contributed by atoms with Crippen LogP contribution in [0.5, 0.6) is 0 Å². The Bertz CT molecular complexity index is 308. The highest BCUT2D eigenvalue weighted by molar-refractivity contribution is 5.55. The van der Waals surface area contributed by atoms with Gasteiger partial charge in [-0.3, -0.25) is 0 Å². The van der Waals surface area contributed by atoms with Gasteiger partial charge in [0.25, 0.3) is 0 Å². The van der Waals surface area contributed by atoms with Gasteiger partial charge in [-0.1, -0.05) is 35.9 Å². The van der Waals surface area contributed by atoms with Crippen LogP contribution in [0.4, 0.5) is 0 Å². The molecule has 0 N–H and O–H groups in total. The lowest BCUT2D eigenvalue weighted by molar-refractivity contribution is 0.851. The predicted molar refractivity (Wildman–Crippen MR) is 53.2 cm³/mol. The Morgan fingerprint density at radius 1 is 1.25 bits per heavy atom. The highest BCUT2D eigenvalue weighted by Gasteiger charge is 2.02. The lowest BCUT2D eigenvalue weighted by atomic mass is 10.0. The van der Waals surface area contributed by atoms with E-state index in [0.29, 0.717) is 0 Å². The van der Waals surface area contributed by atoms with E-state index in [-0.39, 0.29) is 0 Å². The van der Waals surface area contributed by atoms with Gasteiger partial charge >= 0.3 is 0 Å². The highest BCUT2D eigenvalue weighted by atomic mass is 14.1. The molecule has 1 aliphatic rings. The van der Waals surface area contributed by atoms with Gasteiger partial charge in [0, 0.05) is 0 Å². The summed E-state index contributed by atoms with van der Waals surface area (Å²) in [5.74, 6) is 0. The van der Waals surface area contributed by atoms with Gasteiger partial charge < -0.3 is 0 Å². The van der Waals surface area contributed by atoms with Crippen molar-refractivity contribution in [2.24, 2.45) is 0 Å². The van der Waals surface area contributed by atoms with Crippen molar-refractivity contribution < 1.29 is 0 Å². The van der Waals surface area contributed by atoms with Crippen LogP contribution in [0, 0.1) is 6.92 Å². The summed E-state index contributed by atoms with van der Waals surface area (Å²) in [4.78, 5) is 0. The molecule has 0 unspecified atom stereocenters. The molecule has 0 radical (unpaired) electrons. The van der Waals surface area contributed by atoms with E-state index in [1.165, 1.54) is 36.0 Å². The van der Waals surface area contributed by atoms with Crippen molar-refractivity contribution in [2.75, 3.05) is 0 Å². The van der Waals surface area contributed by atoms with Crippen LogP contribution >= 0.6 is 0 Å². The zero-order valence-corrected chi connectivity index (χ0v) is 7.51. The maximum atomic E-state index is 2.31. The molecule has 0 saturated carbocycles. The van der Waals surface area contributed by atoms with Crippen LogP contribution in [0.15, 0.2) is 24.3 Å². The molecular formula is C12H14. The molecule has 1 aromatic rings. The van der Waals surface area contributed by atoms with Gasteiger partial charge in [-0.05, 0) is 37.3 Å². The molecule has 62 valence electrons. The van der Waals surface area contributed by atoms with Crippen LogP contribution in [0.3, 0.4) is 0 Å². The molecule has 0 nitrogen and oxygen atoms in total. The molecule has 0 fully saturated rings. The van der Waals surface area contributed by atoms with Crippen molar-refractivity contribution >= 4 is 6.08 Å². The second-order valence-corrected chi connectivity index (χ2v) is 3.50. The van der Waals surface area contributed by atoms with Crippen molar-refractivity contribution in [2.45, 2.75) is 26.2 Å². The van der Waals surface area contributed by atoms with E-state index in [2.05, 4.69) is 37.3 Å². The number of allylic oxidation sites excluding steroid dienone is 1. The molecule has 12 heavy (non-hydrogen) atoms. The fourth-order valence-electron chi connectivity index (χ4n) is 1.73. The molecule has 0 saturated heterocycles. The van der Waals surface area contributed by atoms with Gasteiger partial charge in [-0.15, -0.1) is 0 Å². The minimum Gasteiger partial charge on any atom is -0.0839 e. The molecule has 0 aliphatic heterocycles. The molecule has 0 heteroatoms. The Morgan fingerprint density at radius 2 is 2.17 bits per heavy atom. The molecular weight excluding hydrogens is 144 g/mol.